The van der Waals surface area contributed by atoms with Crippen molar-refractivity contribution in [3.63, 3.8) is 0 Å². The van der Waals surface area contributed by atoms with Gasteiger partial charge in [0, 0.05) is 16.6 Å². The number of nitrogens with zero attached hydrogens (tertiary/aromatic N) is 1. The summed E-state index contributed by atoms with van der Waals surface area (Å²) in [7, 11) is 0. The molecular weight excluding hydrogens is 392 g/mol. The van der Waals surface area contributed by atoms with Gasteiger partial charge in [-0.05, 0) is 32.0 Å². The molecule has 6 nitrogen and oxygen atoms in total. The van der Waals surface area contributed by atoms with Crippen LogP contribution in [0.25, 0.3) is 22.3 Å². The molecule has 0 saturated heterocycles. The number of imidazole rings is 1. The highest BCUT2D eigenvalue weighted by Crippen LogP contribution is 2.31. The summed E-state index contributed by atoms with van der Waals surface area (Å²) < 4.78 is 0.851. The molecule has 1 amide bonds. The molecule has 0 aliphatic carbocycles. The average molecular weight is 411 g/mol. The van der Waals surface area contributed by atoms with Crippen LogP contribution < -0.4 is 11.0 Å². The Morgan fingerprint density at radius 2 is 1.89 bits per heavy atom. The zero-order valence-corrected chi connectivity index (χ0v) is 16.9. The summed E-state index contributed by atoms with van der Waals surface area (Å²) in [6.07, 6.45) is 0. The van der Waals surface area contributed by atoms with E-state index in [4.69, 9.17) is 0 Å². The topological polar surface area (TPSA) is 90.6 Å². The molecule has 4 aromatic rings. The number of aromatic amines is 2. The van der Waals surface area contributed by atoms with Gasteiger partial charge >= 0.3 is 5.69 Å². The molecule has 0 saturated carbocycles. The normalized spacial score (nSPS) is 12.2. The summed E-state index contributed by atoms with van der Waals surface area (Å²) in [5.41, 5.74) is 4.93. The molecule has 142 valence electrons. The van der Waals surface area contributed by atoms with Crippen molar-refractivity contribution in [2.24, 2.45) is 0 Å². The molecular formula is C20H18N4O2S2. The van der Waals surface area contributed by atoms with Gasteiger partial charge in [0.15, 0.2) is 4.34 Å². The first-order valence-electron chi connectivity index (χ1n) is 8.70. The van der Waals surface area contributed by atoms with Gasteiger partial charge in [-0.2, -0.15) is 0 Å². The van der Waals surface area contributed by atoms with Crippen LogP contribution >= 0.6 is 23.1 Å². The molecule has 0 unspecified atom stereocenters. The number of carbonyl (C=O) groups excluding carboxylic acids is 1. The monoisotopic (exact) mass is 410 g/mol. The number of carbonyl (C=O) groups is 1. The number of fused-ring (bicyclic) bond motifs is 1. The number of rotatable bonds is 5. The zero-order valence-electron chi connectivity index (χ0n) is 15.3. The Kier molecular flexibility index (Phi) is 5.06. The van der Waals surface area contributed by atoms with Crippen LogP contribution in [0.4, 0.5) is 5.69 Å². The van der Waals surface area contributed by atoms with Crippen molar-refractivity contribution in [1.29, 1.82) is 0 Å². The molecule has 0 spiro atoms. The van der Waals surface area contributed by atoms with Gasteiger partial charge in [0.1, 0.15) is 0 Å². The SMILES string of the molecule is Cc1ccc(-c2csc(S[C@H](C)C(=O)Nc3ccc4[nH]c(=O)[nH]c4c3)n2)cc1. The van der Waals surface area contributed by atoms with E-state index in [0.29, 0.717) is 16.7 Å². The quantitative estimate of drug-likeness (QED) is 0.425. The highest BCUT2D eigenvalue weighted by atomic mass is 32.2. The molecule has 0 radical (unpaired) electrons. The second-order valence-electron chi connectivity index (χ2n) is 6.45. The predicted molar refractivity (Wildman–Crippen MR) is 115 cm³/mol. The maximum Gasteiger partial charge on any atom is 0.323 e. The molecule has 8 heteroatoms. The van der Waals surface area contributed by atoms with E-state index in [1.165, 1.54) is 28.7 Å². The van der Waals surface area contributed by atoms with E-state index in [9.17, 15) is 9.59 Å². The number of hydrogen-bond acceptors (Lipinski definition) is 5. The minimum absolute atomic E-state index is 0.116. The molecule has 0 aliphatic heterocycles. The summed E-state index contributed by atoms with van der Waals surface area (Å²) in [6, 6.07) is 13.5. The van der Waals surface area contributed by atoms with E-state index in [0.717, 1.165) is 15.6 Å². The van der Waals surface area contributed by atoms with E-state index >= 15 is 0 Å². The number of hydrogen-bond donors (Lipinski definition) is 3. The average Bonchev–Trinajstić information content (AvgIpc) is 3.27. The third-order valence-corrected chi connectivity index (χ3v) is 6.33. The van der Waals surface area contributed by atoms with Crippen molar-refractivity contribution in [3.05, 3.63) is 63.9 Å². The first-order valence-corrected chi connectivity index (χ1v) is 10.5. The van der Waals surface area contributed by atoms with E-state index in [-0.39, 0.29) is 16.8 Å². The third kappa shape index (κ3) is 4.02. The standard InChI is InChI=1S/C20H18N4O2S2/c1-11-3-5-13(6-4-11)17-10-27-20(24-17)28-12(2)18(25)21-14-7-8-15-16(9-14)23-19(26)22-15/h3-10,12H,1-2H3,(H,21,25)(H2,22,23,26)/t12-/m1/s1. The number of aryl methyl sites for hydroxylation is 1. The number of benzene rings is 2. The lowest BCUT2D eigenvalue weighted by Gasteiger charge is -2.10. The molecule has 2 aromatic carbocycles. The lowest BCUT2D eigenvalue weighted by molar-refractivity contribution is -0.115. The van der Waals surface area contributed by atoms with Crippen LogP contribution in [-0.2, 0) is 4.79 Å². The molecule has 0 aliphatic rings. The van der Waals surface area contributed by atoms with E-state index in [2.05, 4.69) is 51.5 Å². The van der Waals surface area contributed by atoms with Crippen LogP contribution in [0, 0.1) is 6.92 Å². The Bertz CT molecular complexity index is 1190. The summed E-state index contributed by atoms with van der Waals surface area (Å²) >= 11 is 2.96. The molecule has 2 aromatic heterocycles. The van der Waals surface area contributed by atoms with Crippen LogP contribution in [0.5, 0.6) is 0 Å². The molecule has 28 heavy (non-hydrogen) atoms. The number of thioether (sulfide) groups is 1. The van der Waals surface area contributed by atoms with Gasteiger partial charge in [0.2, 0.25) is 5.91 Å². The van der Waals surface area contributed by atoms with Gasteiger partial charge in [-0.25, -0.2) is 9.78 Å². The number of aromatic nitrogens is 3. The fraction of sp³-hybridized carbons (Fsp3) is 0.150. The molecule has 4 rings (SSSR count). The zero-order chi connectivity index (χ0) is 19.7. The number of nitrogens with one attached hydrogen (secondary N) is 3. The minimum atomic E-state index is -0.307. The van der Waals surface area contributed by atoms with Crippen LogP contribution in [0.1, 0.15) is 12.5 Å². The summed E-state index contributed by atoms with van der Waals surface area (Å²) in [6.45, 7) is 3.90. The van der Waals surface area contributed by atoms with Crippen molar-refractivity contribution in [2.75, 3.05) is 5.32 Å². The Balaban J connectivity index is 1.42. The van der Waals surface area contributed by atoms with Crippen molar-refractivity contribution in [1.82, 2.24) is 15.0 Å². The second kappa shape index (κ2) is 7.65. The first-order chi connectivity index (χ1) is 13.5. The Hall–Kier alpha value is -2.84. The smallest absolute Gasteiger partial charge is 0.323 e. The third-order valence-electron chi connectivity index (χ3n) is 4.26. The number of thiazole rings is 1. The molecule has 1 atom stereocenters. The van der Waals surface area contributed by atoms with E-state index in [1.807, 2.05) is 12.3 Å². The summed E-state index contributed by atoms with van der Waals surface area (Å²) in [5, 5.41) is 4.59. The fourth-order valence-electron chi connectivity index (χ4n) is 2.73. The summed E-state index contributed by atoms with van der Waals surface area (Å²) in [4.78, 5) is 33.9. The molecule has 2 heterocycles. The van der Waals surface area contributed by atoms with E-state index in [1.54, 1.807) is 18.2 Å². The van der Waals surface area contributed by atoms with Crippen molar-refractivity contribution >= 4 is 45.7 Å². The van der Waals surface area contributed by atoms with E-state index < -0.39 is 0 Å². The van der Waals surface area contributed by atoms with Gasteiger partial charge in [0.25, 0.3) is 0 Å². The maximum atomic E-state index is 12.5. The van der Waals surface area contributed by atoms with Crippen molar-refractivity contribution in [2.45, 2.75) is 23.4 Å². The molecule has 3 N–H and O–H groups in total. The van der Waals surface area contributed by atoms with Gasteiger partial charge < -0.3 is 15.3 Å². The lowest BCUT2D eigenvalue weighted by Crippen LogP contribution is -2.22. The van der Waals surface area contributed by atoms with Crippen LogP contribution in [0.2, 0.25) is 0 Å². The fourth-order valence-corrected chi connectivity index (χ4v) is 4.70. The lowest BCUT2D eigenvalue weighted by atomic mass is 10.1. The second-order valence-corrected chi connectivity index (χ2v) is 8.90. The first kappa shape index (κ1) is 18.5. The highest BCUT2D eigenvalue weighted by molar-refractivity contribution is 8.02. The van der Waals surface area contributed by atoms with Crippen LogP contribution in [0.3, 0.4) is 0 Å². The highest BCUT2D eigenvalue weighted by Gasteiger charge is 2.17. The van der Waals surface area contributed by atoms with Gasteiger partial charge in [0.05, 0.1) is 22.0 Å². The van der Waals surface area contributed by atoms with Crippen molar-refractivity contribution < 1.29 is 4.79 Å². The Morgan fingerprint density at radius 1 is 1.14 bits per heavy atom. The largest absolute Gasteiger partial charge is 0.325 e. The van der Waals surface area contributed by atoms with Gasteiger partial charge in [-0.15, -0.1) is 11.3 Å². The molecule has 0 bridgehead atoms. The van der Waals surface area contributed by atoms with Crippen LogP contribution in [0.15, 0.2) is 57.0 Å². The number of amides is 1. The predicted octanol–water partition coefficient (Wildman–Crippen LogP) is 4.41. The number of H-pyrrole nitrogens is 2. The number of anilines is 1. The Labute approximate surface area is 169 Å². The molecule has 0 fully saturated rings. The van der Waals surface area contributed by atoms with Gasteiger partial charge in [-0.1, -0.05) is 41.6 Å². The minimum Gasteiger partial charge on any atom is -0.325 e. The van der Waals surface area contributed by atoms with Gasteiger partial charge in [-0.3, -0.25) is 4.79 Å². The summed E-state index contributed by atoms with van der Waals surface area (Å²) in [5.74, 6) is -0.116. The maximum absolute atomic E-state index is 12.5. The van der Waals surface area contributed by atoms with Crippen molar-refractivity contribution in [3.8, 4) is 11.3 Å². The van der Waals surface area contributed by atoms with Crippen LogP contribution in [-0.4, -0.2) is 26.1 Å². The Morgan fingerprint density at radius 3 is 2.68 bits per heavy atom.